The highest BCUT2D eigenvalue weighted by Crippen LogP contribution is 2.22. The number of hydrogen-bond acceptors (Lipinski definition) is 4. The summed E-state index contributed by atoms with van der Waals surface area (Å²) in [5.41, 5.74) is 1.61. The van der Waals surface area contributed by atoms with Crippen molar-refractivity contribution in [1.82, 2.24) is 10.2 Å². The topological polar surface area (TPSA) is 75.7 Å². The van der Waals surface area contributed by atoms with Gasteiger partial charge in [0.2, 0.25) is 0 Å². The van der Waals surface area contributed by atoms with Gasteiger partial charge in [0.25, 0.3) is 11.8 Å². The second-order valence-electron chi connectivity index (χ2n) is 8.49. The largest absolute Gasteiger partial charge is 0.451 e. The maximum absolute atomic E-state index is 12.4. The van der Waals surface area contributed by atoms with Crippen molar-refractivity contribution in [1.29, 1.82) is 0 Å². The number of amides is 2. The Morgan fingerprint density at radius 1 is 1.00 bits per heavy atom. The Morgan fingerprint density at radius 2 is 1.57 bits per heavy atom. The van der Waals surface area contributed by atoms with Crippen molar-refractivity contribution in [2.24, 2.45) is 0 Å². The minimum atomic E-state index is -0.851. The van der Waals surface area contributed by atoms with Crippen LogP contribution in [0.5, 0.6) is 0 Å². The lowest BCUT2D eigenvalue weighted by Crippen LogP contribution is -2.46. The molecule has 6 nitrogen and oxygen atoms in total. The van der Waals surface area contributed by atoms with Gasteiger partial charge in [-0.15, -0.1) is 0 Å². The van der Waals surface area contributed by atoms with E-state index in [-0.39, 0.29) is 17.2 Å². The van der Waals surface area contributed by atoms with Crippen LogP contribution in [0.2, 0.25) is 0 Å². The van der Waals surface area contributed by atoms with Crippen LogP contribution in [0.3, 0.4) is 0 Å². The van der Waals surface area contributed by atoms with E-state index in [0.717, 1.165) is 24.8 Å². The van der Waals surface area contributed by atoms with Crippen LogP contribution >= 0.6 is 0 Å². The second-order valence-corrected chi connectivity index (χ2v) is 8.49. The van der Waals surface area contributed by atoms with Crippen molar-refractivity contribution < 1.29 is 19.1 Å². The van der Waals surface area contributed by atoms with Crippen LogP contribution in [0, 0.1) is 0 Å². The van der Waals surface area contributed by atoms with Crippen molar-refractivity contribution in [2.45, 2.75) is 71.4 Å². The summed E-state index contributed by atoms with van der Waals surface area (Å²) in [6.07, 6.45) is 2.23. The number of hydrogen-bond donors (Lipinski definition) is 1. The summed E-state index contributed by atoms with van der Waals surface area (Å²) in [6.45, 7) is 10.9. The lowest BCUT2D eigenvalue weighted by Gasteiger charge is -2.29. The highest BCUT2D eigenvalue weighted by molar-refractivity contribution is 5.97. The Bertz CT molecular complexity index is 700. The predicted molar refractivity (Wildman–Crippen MR) is 108 cm³/mol. The number of esters is 1. The third-order valence-corrected chi connectivity index (χ3v) is 5.02. The molecule has 0 aliphatic carbocycles. The van der Waals surface area contributed by atoms with E-state index in [0.29, 0.717) is 18.7 Å². The Kier molecular flexibility index (Phi) is 7.22. The summed E-state index contributed by atoms with van der Waals surface area (Å²) in [5.74, 6) is -1.14. The lowest BCUT2D eigenvalue weighted by atomic mass is 9.86. The first-order chi connectivity index (χ1) is 13.1. The standard InChI is InChI=1S/C22H32N2O4/c1-15(21(27)28-16(2)20(26)24-13-7-6-8-14-24)23-19(25)17-9-11-18(12-10-17)22(3,4)5/h9-12,15-16H,6-8,13-14H2,1-5H3,(H,23,25)/t15-,16-/m1/s1. The van der Waals surface area contributed by atoms with Crippen LogP contribution in [-0.2, 0) is 19.7 Å². The number of rotatable bonds is 5. The average molecular weight is 389 g/mol. The summed E-state index contributed by atoms with van der Waals surface area (Å²) in [6, 6.07) is 6.48. The van der Waals surface area contributed by atoms with Crippen LogP contribution in [-0.4, -0.2) is 47.9 Å². The molecule has 1 saturated heterocycles. The van der Waals surface area contributed by atoms with Crippen LogP contribution in [0.15, 0.2) is 24.3 Å². The monoisotopic (exact) mass is 388 g/mol. The molecule has 1 N–H and O–H groups in total. The molecule has 6 heteroatoms. The van der Waals surface area contributed by atoms with E-state index < -0.39 is 18.1 Å². The number of piperidine rings is 1. The molecule has 1 aromatic carbocycles. The molecule has 0 bridgehead atoms. The fraction of sp³-hybridized carbons (Fsp3) is 0.591. The summed E-state index contributed by atoms with van der Waals surface area (Å²) in [7, 11) is 0. The van der Waals surface area contributed by atoms with E-state index in [1.807, 2.05) is 12.1 Å². The highest BCUT2D eigenvalue weighted by atomic mass is 16.5. The fourth-order valence-corrected chi connectivity index (χ4v) is 3.16. The van der Waals surface area contributed by atoms with Gasteiger partial charge in [0.15, 0.2) is 6.10 Å². The van der Waals surface area contributed by atoms with Crippen molar-refractivity contribution in [2.75, 3.05) is 13.1 Å². The van der Waals surface area contributed by atoms with E-state index in [1.54, 1.807) is 30.9 Å². The third kappa shape index (κ3) is 5.81. The molecule has 2 atom stereocenters. The van der Waals surface area contributed by atoms with E-state index in [2.05, 4.69) is 26.1 Å². The molecular weight excluding hydrogens is 356 g/mol. The van der Waals surface area contributed by atoms with E-state index in [4.69, 9.17) is 4.74 Å². The molecule has 1 heterocycles. The summed E-state index contributed by atoms with van der Waals surface area (Å²) in [5, 5.41) is 2.64. The Morgan fingerprint density at radius 3 is 2.11 bits per heavy atom. The zero-order chi connectivity index (χ0) is 20.9. The maximum Gasteiger partial charge on any atom is 0.329 e. The zero-order valence-electron chi connectivity index (χ0n) is 17.6. The number of carbonyl (C=O) groups excluding carboxylic acids is 3. The molecule has 0 spiro atoms. The van der Waals surface area contributed by atoms with Gasteiger partial charge in [0, 0.05) is 18.7 Å². The smallest absolute Gasteiger partial charge is 0.329 e. The van der Waals surface area contributed by atoms with Crippen molar-refractivity contribution in [3.05, 3.63) is 35.4 Å². The first-order valence-corrected chi connectivity index (χ1v) is 10.0. The van der Waals surface area contributed by atoms with Crippen molar-refractivity contribution in [3.8, 4) is 0 Å². The normalized spacial score (nSPS) is 16.8. The Balaban J connectivity index is 1.88. The predicted octanol–water partition coefficient (Wildman–Crippen LogP) is 3.05. The van der Waals surface area contributed by atoms with Gasteiger partial charge in [-0.2, -0.15) is 0 Å². The van der Waals surface area contributed by atoms with Crippen LogP contribution in [0.4, 0.5) is 0 Å². The minimum Gasteiger partial charge on any atom is -0.451 e. The van der Waals surface area contributed by atoms with Gasteiger partial charge in [-0.3, -0.25) is 9.59 Å². The van der Waals surface area contributed by atoms with Gasteiger partial charge in [0.1, 0.15) is 6.04 Å². The number of benzene rings is 1. The number of ether oxygens (including phenoxy) is 1. The number of likely N-dealkylation sites (tertiary alicyclic amines) is 1. The second kappa shape index (κ2) is 9.22. The Hall–Kier alpha value is -2.37. The number of nitrogens with zero attached hydrogens (tertiary/aromatic N) is 1. The first kappa shape index (κ1) is 21.9. The van der Waals surface area contributed by atoms with Crippen LogP contribution in [0.1, 0.15) is 69.8 Å². The quantitative estimate of drug-likeness (QED) is 0.787. The van der Waals surface area contributed by atoms with E-state index in [1.165, 1.54) is 0 Å². The molecule has 154 valence electrons. The molecule has 1 fully saturated rings. The summed E-state index contributed by atoms with van der Waals surface area (Å²) < 4.78 is 5.28. The lowest BCUT2D eigenvalue weighted by molar-refractivity contribution is -0.160. The maximum atomic E-state index is 12.4. The summed E-state index contributed by atoms with van der Waals surface area (Å²) >= 11 is 0. The molecule has 1 aromatic rings. The fourth-order valence-electron chi connectivity index (χ4n) is 3.16. The zero-order valence-corrected chi connectivity index (χ0v) is 17.6. The van der Waals surface area contributed by atoms with Crippen LogP contribution in [0.25, 0.3) is 0 Å². The first-order valence-electron chi connectivity index (χ1n) is 10.0. The van der Waals surface area contributed by atoms with Gasteiger partial charge in [-0.1, -0.05) is 32.9 Å². The van der Waals surface area contributed by atoms with Crippen LogP contribution < -0.4 is 5.32 Å². The van der Waals surface area contributed by atoms with Gasteiger partial charge in [0.05, 0.1) is 0 Å². The molecule has 0 radical (unpaired) electrons. The van der Waals surface area contributed by atoms with E-state index >= 15 is 0 Å². The highest BCUT2D eigenvalue weighted by Gasteiger charge is 2.27. The molecule has 0 aromatic heterocycles. The van der Waals surface area contributed by atoms with Gasteiger partial charge in [-0.05, 0) is 56.2 Å². The SMILES string of the molecule is C[C@@H](NC(=O)c1ccc(C(C)(C)C)cc1)C(=O)O[C@H](C)C(=O)N1CCCCC1. The minimum absolute atomic E-state index is 0.00311. The summed E-state index contributed by atoms with van der Waals surface area (Å²) in [4.78, 5) is 38.8. The number of carbonyl (C=O) groups is 3. The van der Waals surface area contributed by atoms with Gasteiger partial charge < -0.3 is 15.0 Å². The molecule has 2 amide bonds. The average Bonchev–Trinajstić information content (AvgIpc) is 2.67. The van der Waals surface area contributed by atoms with Gasteiger partial charge in [-0.25, -0.2) is 4.79 Å². The molecule has 1 aliphatic rings. The Labute approximate surface area is 167 Å². The molecule has 1 aliphatic heterocycles. The van der Waals surface area contributed by atoms with Crippen molar-refractivity contribution in [3.63, 3.8) is 0 Å². The third-order valence-electron chi connectivity index (χ3n) is 5.02. The van der Waals surface area contributed by atoms with E-state index in [9.17, 15) is 14.4 Å². The van der Waals surface area contributed by atoms with Crippen molar-refractivity contribution >= 4 is 17.8 Å². The number of nitrogens with one attached hydrogen (secondary N) is 1. The molecule has 2 rings (SSSR count). The molecule has 28 heavy (non-hydrogen) atoms. The molecule has 0 unspecified atom stereocenters. The van der Waals surface area contributed by atoms with Gasteiger partial charge >= 0.3 is 5.97 Å². The molecular formula is C22H32N2O4. The molecule has 0 saturated carbocycles.